The first-order chi connectivity index (χ1) is 14.1. The molecule has 0 radical (unpaired) electrons. The number of carbonyl (C=O) groups excluding carboxylic acids is 1. The summed E-state index contributed by atoms with van der Waals surface area (Å²) in [4.78, 5) is 21.4. The lowest BCUT2D eigenvalue weighted by Crippen LogP contribution is -2.37. The van der Waals surface area contributed by atoms with Crippen molar-refractivity contribution in [2.75, 3.05) is 24.3 Å². The maximum absolute atomic E-state index is 12.8. The van der Waals surface area contributed by atoms with Gasteiger partial charge in [-0.1, -0.05) is 6.07 Å². The summed E-state index contributed by atoms with van der Waals surface area (Å²) in [7, 11) is 1.81. The second-order valence-electron chi connectivity index (χ2n) is 6.96. The van der Waals surface area contributed by atoms with Gasteiger partial charge in [0.1, 0.15) is 12.4 Å². The Morgan fingerprint density at radius 1 is 1.24 bits per heavy atom. The highest BCUT2D eigenvalue weighted by Gasteiger charge is 2.19. The van der Waals surface area contributed by atoms with Crippen molar-refractivity contribution in [2.45, 2.75) is 13.0 Å². The number of benzene rings is 1. The molecule has 1 aromatic carbocycles. The van der Waals surface area contributed by atoms with E-state index in [2.05, 4.69) is 31.0 Å². The van der Waals surface area contributed by atoms with Crippen LogP contribution in [0, 0.1) is 0 Å². The quantitative estimate of drug-likeness (QED) is 0.459. The Balaban J connectivity index is 1.71. The van der Waals surface area contributed by atoms with Gasteiger partial charge >= 0.3 is 0 Å². The van der Waals surface area contributed by atoms with Crippen molar-refractivity contribution >= 4 is 39.5 Å². The van der Waals surface area contributed by atoms with E-state index in [9.17, 15) is 4.79 Å². The predicted molar refractivity (Wildman–Crippen MR) is 110 cm³/mol. The Labute approximate surface area is 166 Å². The average Bonchev–Trinajstić information content (AvgIpc) is 3.15. The summed E-state index contributed by atoms with van der Waals surface area (Å²) >= 11 is 0. The molecule has 3 N–H and O–H groups in total. The number of ether oxygens (including phenoxy) is 1. The Bertz CT molecular complexity index is 1250. The maximum Gasteiger partial charge on any atom is 0.271 e. The number of pyridine rings is 1. The number of nitrogens with zero attached hydrogens (tertiary/aromatic N) is 4. The molecule has 4 bridgehead atoms. The van der Waals surface area contributed by atoms with Crippen molar-refractivity contribution in [2.24, 2.45) is 0 Å². The zero-order valence-electron chi connectivity index (χ0n) is 15.9. The topological polar surface area (TPSA) is 105 Å². The molecule has 3 aromatic heterocycles. The second kappa shape index (κ2) is 6.62. The van der Waals surface area contributed by atoms with Gasteiger partial charge in [-0.25, -0.2) is 9.50 Å². The van der Waals surface area contributed by atoms with E-state index in [1.807, 2.05) is 31.2 Å². The number of anilines is 3. The van der Waals surface area contributed by atoms with Gasteiger partial charge in [-0.05, 0) is 19.1 Å². The van der Waals surface area contributed by atoms with Crippen LogP contribution in [0.4, 0.5) is 17.2 Å². The fourth-order valence-corrected chi connectivity index (χ4v) is 3.40. The molecule has 0 aliphatic carbocycles. The highest BCUT2D eigenvalue weighted by molar-refractivity contribution is 5.94. The third-order valence-corrected chi connectivity index (χ3v) is 4.83. The lowest BCUT2D eigenvalue weighted by atomic mass is 10.1. The third-order valence-electron chi connectivity index (χ3n) is 4.83. The summed E-state index contributed by atoms with van der Waals surface area (Å²) in [6.07, 6.45) is 5.00. The molecule has 4 heterocycles. The van der Waals surface area contributed by atoms with Gasteiger partial charge in [0.05, 0.1) is 24.1 Å². The Kier molecular flexibility index (Phi) is 3.94. The molecule has 9 nitrogen and oxygen atoms in total. The van der Waals surface area contributed by atoms with E-state index < -0.39 is 0 Å². The molecule has 0 fully saturated rings. The van der Waals surface area contributed by atoms with Gasteiger partial charge in [0.15, 0.2) is 17.2 Å². The zero-order valence-corrected chi connectivity index (χ0v) is 15.9. The van der Waals surface area contributed by atoms with Gasteiger partial charge in [0.25, 0.3) is 5.91 Å². The van der Waals surface area contributed by atoms with Crippen molar-refractivity contribution in [1.29, 1.82) is 0 Å². The molecule has 146 valence electrons. The van der Waals surface area contributed by atoms with Gasteiger partial charge in [-0.15, -0.1) is 5.10 Å². The van der Waals surface area contributed by atoms with Crippen LogP contribution in [0.2, 0.25) is 0 Å². The first-order valence-corrected chi connectivity index (χ1v) is 9.27. The molecular formula is C20H19N7O2. The fraction of sp³-hybridized carbons (Fsp3) is 0.200. The molecule has 4 aromatic rings. The molecule has 0 saturated heterocycles. The van der Waals surface area contributed by atoms with Crippen molar-refractivity contribution in [3.05, 3.63) is 48.5 Å². The smallest absolute Gasteiger partial charge is 0.271 e. The van der Waals surface area contributed by atoms with Crippen LogP contribution >= 0.6 is 0 Å². The fourth-order valence-electron chi connectivity index (χ4n) is 3.40. The van der Waals surface area contributed by atoms with Crippen molar-refractivity contribution in [3.63, 3.8) is 0 Å². The van der Waals surface area contributed by atoms with Crippen LogP contribution in [0.1, 0.15) is 17.4 Å². The number of nitrogens with one attached hydrogen (secondary N) is 3. The van der Waals surface area contributed by atoms with E-state index in [4.69, 9.17) is 4.74 Å². The SMILES string of the molecule is CNc1cc2nn3c(cnc13)C(=O)NC(C)COc1cncc3ccc(cc13)N2. The number of carbonyl (C=O) groups is 1. The molecule has 29 heavy (non-hydrogen) atoms. The summed E-state index contributed by atoms with van der Waals surface area (Å²) in [5.74, 6) is 0.968. The molecule has 5 rings (SSSR count). The number of imidazole rings is 1. The Morgan fingerprint density at radius 3 is 3.00 bits per heavy atom. The number of aromatic nitrogens is 4. The lowest BCUT2D eigenvalue weighted by molar-refractivity contribution is 0.0920. The van der Waals surface area contributed by atoms with Crippen LogP contribution in [0.15, 0.2) is 42.9 Å². The molecule has 0 spiro atoms. The van der Waals surface area contributed by atoms with Crippen LogP contribution in [0.25, 0.3) is 16.4 Å². The second-order valence-corrected chi connectivity index (χ2v) is 6.96. The Hall–Kier alpha value is -3.88. The largest absolute Gasteiger partial charge is 0.489 e. The number of rotatable bonds is 1. The van der Waals surface area contributed by atoms with E-state index in [1.165, 1.54) is 6.20 Å². The summed E-state index contributed by atoms with van der Waals surface area (Å²) in [6, 6.07) is 7.57. The molecule has 1 aliphatic rings. The zero-order chi connectivity index (χ0) is 20.0. The molecule has 0 saturated carbocycles. The van der Waals surface area contributed by atoms with Crippen LogP contribution in [0.5, 0.6) is 5.75 Å². The number of hydrogen-bond acceptors (Lipinski definition) is 7. The predicted octanol–water partition coefficient (Wildman–Crippen LogP) is 2.57. The minimum atomic E-state index is -0.271. The van der Waals surface area contributed by atoms with E-state index >= 15 is 0 Å². The summed E-state index contributed by atoms with van der Waals surface area (Å²) in [5, 5.41) is 15.8. The van der Waals surface area contributed by atoms with Gasteiger partial charge in [0, 0.05) is 35.8 Å². The van der Waals surface area contributed by atoms with E-state index in [0.29, 0.717) is 29.5 Å². The summed E-state index contributed by atoms with van der Waals surface area (Å²) in [5.41, 5.74) is 2.53. The van der Waals surface area contributed by atoms with Crippen molar-refractivity contribution in [3.8, 4) is 5.75 Å². The van der Waals surface area contributed by atoms with Gasteiger partial charge < -0.3 is 20.7 Å². The van der Waals surface area contributed by atoms with Gasteiger partial charge in [0.2, 0.25) is 0 Å². The van der Waals surface area contributed by atoms with Crippen molar-refractivity contribution in [1.82, 2.24) is 24.9 Å². The van der Waals surface area contributed by atoms with E-state index in [1.54, 1.807) is 24.0 Å². The number of amides is 1. The highest BCUT2D eigenvalue weighted by Crippen LogP contribution is 2.29. The minimum absolute atomic E-state index is 0.223. The first kappa shape index (κ1) is 17.2. The van der Waals surface area contributed by atoms with Crippen molar-refractivity contribution < 1.29 is 9.53 Å². The third kappa shape index (κ3) is 2.96. The maximum atomic E-state index is 12.8. The molecule has 9 heteroatoms. The molecule has 1 aliphatic heterocycles. The highest BCUT2D eigenvalue weighted by atomic mass is 16.5. The normalized spacial score (nSPS) is 16.3. The van der Waals surface area contributed by atoms with E-state index in [-0.39, 0.29) is 11.9 Å². The van der Waals surface area contributed by atoms with Crippen LogP contribution in [-0.4, -0.2) is 45.2 Å². The standard InChI is InChI=1S/C20H19N7O2/c1-11-10-29-17-9-22-7-12-3-4-13(5-14(12)17)25-18-6-15(21-2)19-23-8-16(20(28)24-11)27(19)26-18/h3-9,11,21H,10H2,1-2H3,(H,24,28)(H,25,26). The van der Waals surface area contributed by atoms with E-state index in [0.717, 1.165) is 22.1 Å². The lowest BCUT2D eigenvalue weighted by Gasteiger charge is -2.17. The molecular weight excluding hydrogens is 370 g/mol. The molecule has 1 atom stereocenters. The molecule has 1 unspecified atom stereocenters. The van der Waals surface area contributed by atoms with Crippen LogP contribution in [0.3, 0.4) is 0 Å². The summed E-state index contributed by atoms with van der Waals surface area (Å²) < 4.78 is 7.51. The molecule has 1 amide bonds. The van der Waals surface area contributed by atoms with Gasteiger partial charge in [-0.2, -0.15) is 0 Å². The van der Waals surface area contributed by atoms with Crippen LogP contribution in [-0.2, 0) is 0 Å². The Morgan fingerprint density at radius 2 is 2.14 bits per heavy atom. The van der Waals surface area contributed by atoms with Crippen LogP contribution < -0.4 is 20.7 Å². The van der Waals surface area contributed by atoms with Gasteiger partial charge in [-0.3, -0.25) is 9.78 Å². The first-order valence-electron chi connectivity index (χ1n) is 9.27. The number of fused-ring (bicyclic) bond motifs is 2. The summed E-state index contributed by atoms with van der Waals surface area (Å²) in [6.45, 7) is 2.19. The monoisotopic (exact) mass is 389 g/mol. The average molecular weight is 389 g/mol. The minimum Gasteiger partial charge on any atom is -0.489 e. The number of hydrogen-bond donors (Lipinski definition) is 3.